The highest BCUT2D eigenvalue weighted by molar-refractivity contribution is 6.09. The second kappa shape index (κ2) is 5.14. The van der Waals surface area contributed by atoms with Gasteiger partial charge in [0.25, 0.3) is 0 Å². The molecule has 0 atom stereocenters. The van der Waals surface area contributed by atoms with E-state index < -0.39 is 0 Å². The summed E-state index contributed by atoms with van der Waals surface area (Å²) >= 11 is 0. The molecule has 98 valence electrons. The first-order valence-corrected chi connectivity index (χ1v) is 6.99. The Kier molecular flexibility index (Phi) is 3.34. The van der Waals surface area contributed by atoms with E-state index in [4.69, 9.17) is 0 Å². The molecule has 2 nitrogen and oxygen atoms in total. The van der Waals surface area contributed by atoms with Crippen LogP contribution in [-0.4, -0.2) is 30.3 Å². The molecular weight excluding hydrogens is 234 g/mol. The Balaban J connectivity index is 1.95. The van der Waals surface area contributed by atoms with Gasteiger partial charge in [-0.1, -0.05) is 36.4 Å². The number of aryl methyl sites for hydroxylation is 1. The molecule has 2 aromatic rings. The van der Waals surface area contributed by atoms with Gasteiger partial charge in [0.2, 0.25) is 0 Å². The molecule has 1 heterocycles. The Bertz CT molecular complexity index is 612. The van der Waals surface area contributed by atoms with E-state index in [0.29, 0.717) is 6.54 Å². The number of nitrogens with zero attached hydrogens (tertiary/aromatic N) is 1. The van der Waals surface area contributed by atoms with Crippen molar-refractivity contribution in [3.8, 4) is 0 Å². The van der Waals surface area contributed by atoms with Gasteiger partial charge in [0.1, 0.15) is 0 Å². The van der Waals surface area contributed by atoms with Crippen LogP contribution >= 0.6 is 0 Å². The normalized spacial score (nSPS) is 16.1. The molecule has 1 saturated heterocycles. The van der Waals surface area contributed by atoms with Gasteiger partial charge in [-0.05, 0) is 49.2 Å². The van der Waals surface area contributed by atoms with Crippen LogP contribution in [0.5, 0.6) is 0 Å². The molecule has 0 aliphatic carbocycles. The number of hydrogen-bond acceptors (Lipinski definition) is 2. The van der Waals surface area contributed by atoms with Gasteiger partial charge in [-0.15, -0.1) is 0 Å². The third kappa shape index (κ3) is 2.41. The number of carbonyl (C=O) groups excluding carboxylic acids is 1. The van der Waals surface area contributed by atoms with E-state index >= 15 is 0 Å². The Morgan fingerprint density at radius 2 is 1.74 bits per heavy atom. The molecule has 2 heteroatoms. The molecule has 0 radical (unpaired) electrons. The summed E-state index contributed by atoms with van der Waals surface area (Å²) in [6, 6.07) is 12.2. The second-order valence-electron chi connectivity index (χ2n) is 5.38. The predicted octanol–water partition coefficient (Wildman–Crippen LogP) is 3.43. The van der Waals surface area contributed by atoms with E-state index in [-0.39, 0.29) is 5.78 Å². The molecule has 19 heavy (non-hydrogen) atoms. The minimum Gasteiger partial charge on any atom is -0.296 e. The summed E-state index contributed by atoms with van der Waals surface area (Å²) in [5.74, 6) is 0.248. The van der Waals surface area contributed by atoms with Gasteiger partial charge < -0.3 is 0 Å². The SMILES string of the molecule is Cc1ccc(C(=O)CN2CCCC2)c2ccccc12. The highest BCUT2D eigenvalue weighted by atomic mass is 16.1. The maximum absolute atomic E-state index is 12.5. The zero-order valence-corrected chi connectivity index (χ0v) is 11.4. The smallest absolute Gasteiger partial charge is 0.177 e. The van der Waals surface area contributed by atoms with Crippen LogP contribution in [0.25, 0.3) is 10.8 Å². The number of fused-ring (bicyclic) bond motifs is 1. The van der Waals surface area contributed by atoms with Gasteiger partial charge in [-0.25, -0.2) is 0 Å². The van der Waals surface area contributed by atoms with E-state index in [1.165, 1.54) is 23.8 Å². The molecule has 1 aliphatic rings. The first-order valence-electron chi connectivity index (χ1n) is 6.99. The van der Waals surface area contributed by atoms with Crippen molar-refractivity contribution < 1.29 is 4.79 Å². The van der Waals surface area contributed by atoms with Gasteiger partial charge in [0.05, 0.1) is 6.54 Å². The topological polar surface area (TPSA) is 20.3 Å². The largest absolute Gasteiger partial charge is 0.296 e. The fraction of sp³-hybridized carbons (Fsp3) is 0.353. The third-order valence-corrected chi connectivity index (χ3v) is 4.01. The number of Topliss-reactive ketones (excluding diaryl/α,β-unsaturated/α-hetero) is 1. The van der Waals surface area contributed by atoms with Crippen LogP contribution < -0.4 is 0 Å². The number of ketones is 1. The zero-order valence-electron chi connectivity index (χ0n) is 11.4. The molecule has 0 spiro atoms. The Morgan fingerprint density at radius 1 is 1.05 bits per heavy atom. The molecule has 2 aromatic carbocycles. The lowest BCUT2D eigenvalue weighted by molar-refractivity contribution is 0.0947. The number of benzene rings is 2. The van der Waals surface area contributed by atoms with E-state index in [0.717, 1.165) is 24.0 Å². The quantitative estimate of drug-likeness (QED) is 0.781. The summed E-state index contributed by atoms with van der Waals surface area (Å²) in [4.78, 5) is 14.7. The van der Waals surface area contributed by atoms with Crippen LogP contribution in [-0.2, 0) is 0 Å². The highest BCUT2D eigenvalue weighted by Crippen LogP contribution is 2.23. The van der Waals surface area contributed by atoms with Crippen molar-refractivity contribution in [3.05, 3.63) is 47.5 Å². The maximum atomic E-state index is 12.5. The van der Waals surface area contributed by atoms with Crippen molar-refractivity contribution in [2.75, 3.05) is 19.6 Å². The van der Waals surface area contributed by atoms with Crippen molar-refractivity contribution in [2.45, 2.75) is 19.8 Å². The van der Waals surface area contributed by atoms with E-state index in [9.17, 15) is 4.79 Å². The first-order chi connectivity index (χ1) is 9.25. The number of likely N-dealkylation sites (tertiary alicyclic amines) is 1. The fourth-order valence-electron chi connectivity index (χ4n) is 2.92. The Labute approximate surface area is 114 Å². The maximum Gasteiger partial charge on any atom is 0.177 e. The molecule has 0 unspecified atom stereocenters. The van der Waals surface area contributed by atoms with E-state index in [1.807, 2.05) is 18.2 Å². The summed E-state index contributed by atoms with van der Waals surface area (Å²) < 4.78 is 0. The van der Waals surface area contributed by atoms with Crippen molar-refractivity contribution in [1.29, 1.82) is 0 Å². The van der Waals surface area contributed by atoms with Crippen LogP contribution in [0, 0.1) is 6.92 Å². The van der Waals surface area contributed by atoms with Gasteiger partial charge in [0.15, 0.2) is 5.78 Å². The number of hydrogen-bond donors (Lipinski definition) is 0. The number of rotatable bonds is 3. The van der Waals surface area contributed by atoms with Crippen molar-refractivity contribution in [2.24, 2.45) is 0 Å². The van der Waals surface area contributed by atoms with Gasteiger partial charge >= 0.3 is 0 Å². The van der Waals surface area contributed by atoms with Gasteiger partial charge in [0, 0.05) is 5.56 Å². The first kappa shape index (κ1) is 12.4. The standard InChI is InChI=1S/C17H19NO/c1-13-8-9-16(15-7-3-2-6-14(13)15)17(19)12-18-10-4-5-11-18/h2-3,6-9H,4-5,10-12H2,1H3. The zero-order chi connectivity index (χ0) is 13.2. The molecular formula is C17H19NO. The van der Waals surface area contributed by atoms with Gasteiger partial charge in [-0.2, -0.15) is 0 Å². The molecule has 0 saturated carbocycles. The third-order valence-electron chi connectivity index (χ3n) is 4.01. The van der Waals surface area contributed by atoms with E-state index in [2.05, 4.69) is 30.0 Å². The van der Waals surface area contributed by atoms with Crippen LogP contribution in [0.4, 0.5) is 0 Å². The van der Waals surface area contributed by atoms with Crippen LogP contribution in [0.15, 0.2) is 36.4 Å². The summed E-state index contributed by atoms with van der Waals surface area (Å²) in [5.41, 5.74) is 2.10. The van der Waals surface area contributed by atoms with Gasteiger partial charge in [-0.3, -0.25) is 9.69 Å². The number of carbonyl (C=O) groups is 1. The minimum absolute atomic E-state index is 0.248. The average molecular weight is 253 g/mol. The molecule has 0 amide bonds. The summed E-state index contributed by atoms with van der Waals surface area (Å²) in [7, 11) is 0. The van der Waals surface area contributed by atoms with Crippen molar-refractivity contribution in [1.82, 2.24) is 4.90 Å². The molecule has 0 bridgehead atoms. The highest BCUT2D eigenvalue weighted by Gasteiger charge is 2.17. The Hall–Kier alpha value is -1.67. The fourth-order valence-corrected chi connectivity index (χ4v) is 2.92. The molecule has 1 aliphatic heterocycles. The van der Waals surface area contributed by atoms with Crippen LogP contribution in [0.1, 0.15) is 28.8 Å². The predicted molar refractivity (Wildman–Crippen MR) is 78.7 cm³/mol. The Morgan fingerprint density at radius 3 is 2.47 bits per heavy atom. The monoisotopic (exact) mass is 253 g/mol. The minimum atomic E-state index is 0.248. The second-order valence-corrected chi connectivity index (χ2v) is 5.38. The molecule has 1 fully saturated rings. The van der Waals surface area contributed by atoms with Crippen LogP contribution in [0.3, 0.4) is 0 Å². The molecule has 3 rings (SSSR count). The lowest BCUT2D eigenvalue weighted by Gasteiger charge is -2.14. The lowest BCUT2D eigenvalue weighted by Crippen LogP contribution is -2.27. The summed E-state index contributed by atoms with van der Waals surface area (Å²) in [6.45, 7) is 4.79. The summed E-state index contributed by atoms with van der Waals surface area (Å²) in [6.07, 6.45) is 2.45. The summed E-state index contributed by atoms with van der Waals surface area (Å²) in [5, 5.41) is 2.28. The van der Waals surface area contributed by atoms with Crippen LogP contribution in [0.2, 0.25) is 0 Å². The molecule has 0 aromatic heterocycles. The van der Waals surface area contributed by atoms with Crippen molar-refractivity contribution in [3.63, 3.8) is 0 Å². The lowest BCUT2D eigenvalue weighted by atomic mass is 9.98. The van der Waals surface area contributed by atoms with E-state index in [1.54, 1.807) is 0 Å². The average Bonchev–Trinajstić information content (AvgIpc) is 2.92. The molecule has 0 N–H and O–H groups in total. The van der Waals surface area contributed by atoms with Crippen molar-refractivity contribution >= 4 is 16.6 Å².